The molecule has 6 heteroatoms. The van der Waals surface area contributed by atoms with Gasteiger partial charge in [-0.25, -0.2) is 4.79 Å². The molecule has 0 heterocycles. The van der Waals surface area contributed by atoms with Gasteiger partial charge in [-0.1, -0.05) is 28.1 Å². The molecule has 0 bridgehead atoms. The number of hydrogen-bond acceptors (Lipinski definition) is 5. The van der Waals surface area contributed by atoms with Crippen molar-refractivity contribution in [1.29, 1.82) is 10.5 Å². The molecule has 0 aliphatic carbocycles. The first-order chi connectivity index (χ1) is 11.7. The zero-order valence-corrected chi connectivity index (χ0v) is 16.5. The van der Waals surface area contributed by atoms with Gasteiger partial charge in [-0.3, -0.25) is 0 Å². The van der Waals surface area contributed by atoms with Gasteiger partial charge in [0.05, 0.1) is 17.7 Å². The molecule has 0 aromatic heterocycles. The van der Waals surface area contributed by atoms with E-state index in [1.165, 1.54) is 7.11 Å². The summed E-state index contributed by atoms with van der Waals surface area (Å²) in [5.41, 5.74) is 0.984. The van der Waals surface area contributed by atoms with E-state index < -0.39 is 11.5 Å². The van der Waals surface area contributed by atoms with Crippen molar-refractivity contribution < 1.29 is 14.3 Å². The third-order valence-corrected chi connectivity index (χ3v) is 4.68. The number of benzene rings is 1. The Morgan fingerprint density at radius 3 is 2.20 bits per heavy atom. The second kappa shape index (κ2) is 9.56. The van der Waals surface area contributed by atoms with Crippen molar-refractivity contribution in [3.05, 3.63) is 35.4 Å². The van der Waals surface area contributed by atoms with Crippen molar-refractivity contribution in [3.63, 3.8) is 0 Å². The molecule has 2 atom stereocenters. The van der Waals surface area contributed by atoms with Crippen molar-refractivity contribution in [1.82, 2.24) is 0 Å². The maximum Gasteiger partial charge on any atom is 0.338 e. The van der Waals surface area contributed by atoms with E-state index in [0.29, 0.717) is 18.4 Å². The average molecular weight is 407 g/mol. The van der Waals surface area contributed by atoms with Crippen LogP contribution in [-0.4, -0.2) is 23.7 Å². The van der Waals surface area contributed by atoms with E-state index in [9.17, 15) is 4.79 Å². The van der Waals surface area contributed by atoms with Crippen molar-refractivity contribution in [2.75, 3.05) is 7.11 Å². The predicted molar refractivity (Wildman–Crippen MR) is 97.9 cm³/mol. The van der Waals surface area contributed by atoms with Crippen LogP contribution in [0.1, 0.15) is 43.1 Å². The number of aryl methyl sites for hydroxylation is 1. The van der Waals surface area contributed by atoms with E-state index in [-0.39, 0.29) is 16.9 Å². The summed E-state index contributed by atoms with van der Waals surface area (Å²) < 4.78 is 10.6. The summed E-state index contributed by atoms with van der Waals surface area (Å²) in [6.45, 7) is 5.48. The number of esters is 1. The first-order valence-corrected chi connectivity index (χ1v) is 8.91. The van der Waals surface area contributed by atoms with Crippen LogP contribution in [0.3, 0.4) is 0 Å². The van der Waals surface area contributed by atoms with Crippen molar-refractivity contribution >= 4 is 21.9 Å². The smallest absolute Gasteiger partial charge is 0.338 e. The molecule has 134 valence electrons. The fraction of sp³-hybridized carbons (Fsp3) is 0.526. The van der Waals surface area contributed by atoms with Gasteiger partial charge in [-0.15, -0.1) is 0 Å². The molecule has 0 saturated heterocycles. The fourth-order valence-electron chi connectivity index (χ4n) is 2.32. The first kappa shape index (κ1) is 21.2. The number of rotatable bonds is 7. The van der Waals surface area contributed by atoms with Gasteiger partial charge >= 0.3 is 5.97 Å². The molecule has 25 heavy (non-hydrogen) atoms. The highest BCUT2D eigenvalue weighted by atomic mass is 79.9. The second-order valence-corrected chi connectivity index (χ2v) is 7.63. The van der Waals surface area contributed by atoms with Crippen molar-refractivity contribution in [2.24, 2.45) is 11.8 Å². The maximum absolute atomic E-state index is 12.0. The first-order valence-electron chi connectivity index (χ1n) is 8.00. The molecule has 0 aliphatic heterocycles. The quantitative estimate of drug-likeness (QED) is 0.499. The number of halogens is 1. The summed E-state index contributed by atoms with van der Waals surface area (Å²) in [7, 11) is 1.54. The molecule has 0 saturated carbocycles. The number of carbonyl (C=O) groups is 1. The number of nitriles is 2. The minimum atomic E-state index is -0.745. The van der Waals surface area contributed by atoms with Crippen LogP contribution in [-0.2, 0) is 15.9 Å². The van der Waals surface area contributed by atoms with Crippen LogP contribution >= 0.6 is 15.9 Å². The Morgan fingerprint density at radius 1 is 1.20 bits per heavy atom. The maximum atomic E-state index is 12.0. The largest absolute Gasteiger partial charge is 0.456 e. The van der Waals surface area contributed by atoms with Gasteiger partial charge in [0.15, 0.2) is 0 Å². The van der Waals surface area contributed by atoms with Gasteiger partial charge < -0.3 is 9.47 Å². The molecular formula is C19H23BrN2O3. The minimum Gasteiger partial charge on any atom is -0.456 e. The topological polar surface area (TPSA) is 83.1 Å². The molecule has 0 aliphatic rings. The summed E-state index contributed by atoms with van der Waals surface area (Å²) in [6.07, 6.45) is 1.28. The molecule has 0 N–H and O–H groups in total. The number of nitrogens with zero attached hydrogens (tertiary/aromatic N) is 2. The Hall–Kier alpha value is -1.89. The van der Waals surface area contributed by atoms with Crippen LogP contribution in [0.2, 0.25) is 0 Å². The van der Waals surface area contributed by atoms with Crippen LogP contribution < -0.4 is 0 Å². The number of ether oxygens (including phenoxy) is 2. The molecule has 0 spiro atoms. The van der Waals surface area contributed by atoms with Crippen molar-refractivity contribution in [2.45, 2.75) is 44.2 Å². The number of carbonyl (C=O) groups excluding carboxylic acids is 1. The summed E-state index contributed by atoms with van der Waals surface area (Å²) in [6, 6.07) is 11.2. The molecule has 0 amide bonds. The predicted octanol–water partition coefficient (Wildman–Crippen LogP) is 4.22. The zero-order chi connectivity index (χ0) is 19.0. The number of methoxy groups -OCH3 is 1. The molecule has 0 fully saturated rings. The summed E-state index contributed by atoms with van der Waals surface area (Å²) in [4.78, 5) is 12.0. The molecule has 5 nitrogen and oxygen atoms in total. The Labute approximate surface area is 157 Å². The van der Waals surface area contributed by atoms with Crippen LogP contribution in [0.25, 0.3) is 0 Å². The van der Waals surface area contributed by atoms with E-state index in [2.05, 4.69) is 15.9 Å². The third kappa shape index (κ3) is 6.86. The van der Waals surface area contributed by atoms with Crippen LogP contribution in [0.4, 0.5) is 0 Å². The summed E-state index contributed by atoms with van der Waals surface area (Å²) in [5.74, 6) is -1.35. The van der Waals surface area contributed by atoms with Gasteiger partial charge in [0.2, 0.25) is 0 Å². The molecule has 1 aromatic rings. The summed E-state index contributed by atoms with van der Waals surface area (Å²) >= 11 is 3.37. The molecular weight excluding hydrogens is 384 g/mol. The molecule has 1 aromatic carbocycles. The van der Waals surface area contributed by atoms with E-state index in [1.807, 2.05) is 45.0 Å². The van der Waals surface area contributed by atoms with Gasteiger partial charge in [0.25, 0.3) is 0 Å². The van der Waals surface area contributed by atoms with Crippen LogP contribution in [0.5, 0.6) is 0 Å². The van der Waals surface area contributed by atoms with Gasteiger partial charge in [0.1, 0.15) is 16.5 Å². The van der Waals surface area contributed by atoms with Gasteiger partial charge in [-0.2, -0.15) is 10.5 Å². The standard InChI is InChI=1S/C19H23BrN2O3/c1-19(2,3)25-18(23)14-8-5-13(6-9-14)7-10-16(17(20)24-4)15(11-21)12-22/h5-6,8-9,15-17H,7,10H2,1-4H3. The molecule has 0 radical (unpaired) electrons. The van der Waals surface area contributed by atoms with E-state index in [0.717, 1.165) is 5.56 Å². The normalized spacial score (nSPS) is 13.6. The summed E-state index contributed by atoms with van der Waals surface area (Å²) in [5, 5.41) is 17.9. The SMILES string of the molecule is COC(Br)C(CCc1ccc(C(=O)OC(C)(C)C)cc1)C(C#N)C#N. The lowest BCUT2D eigenvalue weighted by Gasteiger charge is -2.22. The second-order valence-electron chi connectivity index (χ2n) is 6.72. The van der Waals surface area contributed by atoms with E-state index in [1.54, 1.807) is 12.1 Å². The van der Waals surface area contributed by atoms with E-state index >= 15 is 0 Å². The minimum absolute atomic E-state index is 0.245. The van der Waals surface area contributed by atoms with E-state index in [4.69, 9.17) is 20.0 Å². The Kier molecular flexibility index (Phi) is 8.09. The molecule has 2 unspecified atom stereocenters. The van der Waals surface area contributed by atoms with Crippen molar-refractivity contribution in [3.8, 4) is 12.1 Å². The number of hydrogen-bond donors (Lipinski definition) is 0. The lowest BCUT2D eigenvalue weighted by Crippen LogP contribution is -2.24. The van der Waals surface area contributed by atoms with Gasteiger partial charge in [-0.05, 0) is 51.3 Å². The lowest BCUT2D eigenvalue weighted by atomic mass is 9.89. The Bertz CT molecular complexity index is 639. The Morgan fingerprint density at radius 2 is 1.76 bits per heavy atom. The highest BCUT2D eigenvalue weighted by Gasteiger charge is 2.28. The zero-order valence-electron chi connectivity index (χ0n) is 15.0. The highest BCUT2D eigenvalue weighted by Crippen LogP contribution is 2.27. The monoisotopic (exact) mass is 406 g/mol. The molecule has 1 rings (SSSR count). The van der Waals surface area contributed by atoms with Gasteiger partial charge in [0, 0.05) is 13.0 Å². The third-order valence-electron chi connectivity index (χ3n) is 3.62. The number of alkyl halides is 1. The lowest BCUT2D eigenvalue weighted by molar-refractivity contribution is 0.00695. The highest BCUT2D eigenvalue weighted by molar-refractivity contribution is 9.09. The van der Waals surface area contributed by atoms with Crippen LogP contribution in [0, 0.1) is 34.5 Å². The average Bonchev–Trinajstić information content (AvgIpc) is 2.57. The Balaban J connectivity index is 2.75. The van der Waals surface area contributed by atoms with Crippen LogP contribution in [0.15, 0.2) is 24.3 Å². The fourth-order valence-corrected chi connectivity index (χ4v) is 2.89.